The summed E-state index contributed by atoms with van der Waals surface area (Å²) in [5, 5.41) is 0. The van der Waals surface area contributed by atoms with Crippen molar-refractivity contribution in [2.75, 3.05) is 18.0 Å². The SMILES string of the molecule is CC1=C(c2ccc(CC(=O)c3ccncc3F)cc2)CN(c2ncccc2F)CC1. The summed E-state index contributed by atoms with van der Waals surface area (Å²) in [7, 11) is 0. The zero-order valence-electron chi connectivity index (χ0n) is 16.6. The molecule has 4 nitrogen and oxygen atoms in total. The zero-order chi connectivity index (χ0) is 21.1. The molecule has 3 heterocycles. The number of carbonyl (C=O) groups is 1. The number of nitrogens with zero attached hydrogens (tertiary/aromatic N) is 3. The van der Waals surface area contributed by atoms with E-state index in [1.165, 1.54) is 23.9 Å². The first-order chi connectivity index (χ1) is 14.5. The number of benzene rings is 1. The Hall–Kier alpha value is -3.41. The van der Waals surface area contributed by atoms with Gasteiger partial charge in [0, 0.05) is 31.9 Å². The highest BCUT2D eigenvalue weighted by Crippen LogP contribution is 2.30. The first-order valence-corrected chi connectivity index (χ1v) is 9.79. The molecule has 1 aromatic carbocycles. The van der Waals surface area contributed by atoms with Crippen molar-refractivity contribution in [3.63, 3.8) is 0 Å². The topological polar surface area (TPSA) is 46.1 Å². The normalized spacial score (nSPS) is 14.2. The van der Waals surface area contributed by atoms with Gasteiger partial charge in [0.1, 0.15) is 0 Å². The number of pyridine rings is 2. The van der Waals surface area contributed by atoms with Crippen LogP contribution < -0.4 is 4.90 Å². The Balaban J connectivity index is 1.51. The standard InChI is InChI=1S/C24H21F2N3O/c1-16-9-12-29(24-21(25)3-2-10-28-24)15-20(16)18-6-4-17(5-7-18)13-23(30)19-8-11-27-14-22(19)26/h2-8,10-11,14H,9,12-13,15H2,1H3. The van der Waals surface area contributed by atoms with Crippen LogP contribution in [0.25, 0.3) is 5.57 Å². The van der Waals surface area contributed by atoms with E-state index in [1.807, 2.05) is 29.2 Å². The molecule has 0 bridgehead atoms. The molecule has 0 N–H and O–H groups in total. The van der Waals surface area contributed by atoms with E-state index < -0.39 is 5.82 Å². The molecule has 2 aromatic heterocycles. The van der Waals surface area contributed by atoms with Gasteiger partial charge in [-0.1, -0.05) is 29.8 Å². The minimum absolute atomic E-state index is 0.0490. The van der Waals surface area contributed by atoms with Crippen molar-refractivity contribution in [1.29, 1.82) is 0 Å². The molecule has 6 heteroatoms. The highest BCUT2D eigenvalue weighted by Gasteiger charge is 2.21. The van der Waals surface area contributed by atoms with Crippen molar-refractivity contribution in [3.05, 3.63) is 95.0 Å². The Labute approximate surface area is 173 Å². The number of halogens is 2. The molecule has 0 saturated heterocycles. The second-order valence-corrected chi connectivity index (χ2v) is 7.39. The van der Waals surface area contributed by atoms with Crippen LogP contribution in [0.3, 0.4) is 0 Å². The third kappa shape index (κ3) is 4.13. The van der Waals surface area contributed by atoms with E-state index in [0.29, 0.717) is 18.9 Å². The van der Waals surface area contributed by atoms with Gasteiger partial charge in [0.2, 0.25) is 0 Å². The average molecular weight is 405 g/mol. The molecule has 1 aliphatic heterocycles. The molecule has 0 radical (unpaired) electrons. The number of ketones is 1. The summed E-state index contributed by atoms with van der Waals surface area (Å²) >= 11 is 0. The van der Waals surface area contributed by atoms with Gasteiger partial charge in [-0.3, -0.25) is 9.78 Å². The Morgan fingerprint density at radius 1 is 1.07 bits per heavy atom. The molecule has 3 aromatic rings. The fraction of sp³-hybridized carbons (Fsp3) is 0.208. The summed E-state index contributed by atoms with van der Waals surface area (Å²) in [4.78, 5) is 22.2. The molecule has 0 aliphatic carbocycles. The van der Waals surface area contributed by atoms with Crippen LogP contribution in [0.2, 0.25) is 0 Å². The largest absolute Gasteiger partial charge is 0.350 e. The van der Waals surface area contributed by atoms with Crippen LogP contribution in [-0.4, -0.2) is 28.8 Å². The van der Waals surface area contributed by atoms with Crippen molar-refractivity contribution in [2.24, 2.45) is 0 Å². The second-order valence-electron chi connectivity index (χ2n) is 7.39. The Bertz CT molecular complexity index is 1110. The highest BCUT2D eigenvalue weighted by molar-refractivity contribution is 5.97. The molecule has 0 spiro atoms. The first kappa shape index (κ1) is 19.9. The smallest absolute Gasteiger partial charge is 0.170 e. The predicted molar refractivity (Wildman–Crippen MR) is 112 cm³/mol. The van der Waals surface area contributed by atoms with Crippen molar-refractivity contribution < 1.29 is 13.6 Å². The van der Waals surface area contributed by atoms with Crippen LogP contribution in [0.4, 0.5) is 14.6 Å². The minimum Gasteiger partial charge on any atom is -0.350 e. The molecular formula is C24H21F2N3O. The molecule has 0 fully saturated rings. The quantitative estimate of drug-likeness (QED) is 0.569. The maximum absolute atomic E-state index is 14.2. The van der Waals surface area contributed by atoms with Crippen LogP contribution in [0.1, 0.15) is 34.8 Å². The molecule has 0 unspecified atom stereocenters. The summed E-state index contributed by atoms with van der Waals surface area (Å²) in [6.45, 7) is 3.37. The zero-order valence-corrected chi connectivity index (χ0v) is 16.6. The fourth-order valence-electron chi connectivity index (χ4n) is 3.69. The number of Topliss-reactive ketones (excluding diaryl/α,β-unsaturated/α-hetero) is 1. The van der Waals surface area contributed by atoms with Crippen LogP contribution >= 0.6 is 0 Å². The van der Waals surface area contributed by atoms with Gasteiger partial charge in [-0.25, -0.2) is 13.8 Å². The van der Waals surface area contributed by atoms with Crippen molar-refractivity contribution >= 4 is 17.2 Å². The van der Waals surface area contributed by atoms with Gasteiger partial charge in [-0.2, -0.15) is 0 Å². The molecule has 0 amide bonds. The van der Waals surface area contributed by atoms with Crippen LogP contribution in [-0.2, 0) is 6.42 Å². The van der Waals surface area contributed by atoms with E-state index in [0.717, 1.165) is 29.3 Å². The molecule has 30 heavy (non-hydrogen) atoms. The maximum atomic E-state index is 14.2. The predicted octanol–water partition coefficient (Wildman–Crippen LogP) is 4.86. The summed E-state index contributed by atoms with van der Waals surface area (Å²) in [6.07, 6.45) is 5.00. The van der Waals surface area contributed by atoms with Gasteiger partial charge in [-0.15, -0.1) is 0 Å². The molecular weight excluding hydrogens is 384 g/mol. The van der Waals surface area contributed by atoms with Crippen LogP contribution in [0.15, 0.2) is 66.6 Å². The maximum Gasteiger partial charge on any atom is 0.170 e. The highest BCUT2D eigenvalue weighted by atomic mass is 19.1. The van der Waals surface area contributed by atoms with Crippen molar-refractivity contribution in [2.45, 2.75) is 19.8 Å². The van der Waals surface area contributed by atoms with Crippen molar-refractivity contribution in [1.82, 2.24) is 9.97 Å². The van der Waals surface area contributed by atoms with E-state index in [4.69, 9.17) is 0 Å². The van der Waals surface area contributed by atoms with E-state index in [1.54, 1.807) is 12.3 Å². The monoisotopic (exact) mass is 405 g/mol. The first-order valence-electron chi connectivity index (χ1n) is 9.79. The lowest BCUT2D eigenvalue weighted by molar-refractivity contribution is 0.0989. The average Bonchev–Trinajstić information content (AvgIpc) is 2.75. The lowest BCUT2D eigenvalue weighted by atomic mass is 9.93. The number of hydrogen-bond acceptors (Lipinski definition) is 4. The fourth-order valence-corrected chi connectivity index (χ4v) is 3.69. The van der Waals surface area contributed by atoms with Gasteiger partial charge in [-0.05, 0) is 48.2 Å². The Kier molecular flexibility index (Phi) is 5.65. The van der Waals surface area contributed by atoms with Crippen LogP contribution in [0.5, 0.6) is 0 Å². The summed E-state index contributed by atoms with van der Waals surface area (Å²) in [6, 6.07) is 12.1. The summed E-state index contributed by atoms with van der Waals surface area (Å²) in [5.74, 6) is -0.853. The van der Waals surface area contributed by atoms with Gasteiger partial charge < -0.3 is 4.90 Å². The summed E-state index contributed by atoms with van der Waals surface area (Å²) in [5.41, 5.74) is 4.27. The number of aromatic nitrogens is 2. The van der Waals surface area contributed by atoms with E-state index in [9.17, 15) is 13.6 Å². The molecule has 1 aliphatic rings. The lowest BCUT2D eigenvalue weighted by Crippen LogP contribution is -2.32. The molecule has 152 valence electrons. The summed E-state index contributed by atoms with van der Waals surface area (Å²) < 4.78 is 27.9. The van der Waals surface area contributed by atoms with Gasteiger partial charge in [0.25, 0.3) is 0 Å². The van der Waals surface area contributed by atoms with Gasteiger partial charge in [0.05, 0.1) is 11.8 Å². The molecule has 0 atom stereocenters. The Morgan fingerprint density at radius 3 is 2.60 bits per heavy atom. The molecule has 4 rings (SSSR count). The number of hydrogen-bond donors (Lipinski definition) is 0. The van der Waals surface area contributed by atoms with E-state index in [-0.39, 0.29) is 23.6 Å². The third-order valence-corrected chi connectivity index (χ3v) is 5.40. The lowest BCUT2D eigenvalue weighted by Gasteiger charge is -2.31. The number of rotatable bonds is 5. The van der Waals surface area contributed by atoms with Crippen molar-refractivity contribution in [3.8, 4) is 0 Å². The van der Waals surface area contributed by atoms with Gasteiger partial charge in [0.15, 0.2) is 23.2 Å². The van der Waals surface area contributed by atoms with E-state index >= 15 is 0 Å². The Morgan fingerprint density at radius 2 is 1.87 bits per heavy atom. The minimum atomic E-state index is -0.607. The van der Waals surface area contributed by atoms with Crippen LogP contribution in [0, 0.1) is 11.6 Å². The van der Waals surface area contributed by atoms with E-state index in [2.05, 4.69) is 16.9 Å². The van der Waals surface area contributed by atoms with Gasteiger partial charge >= 0.3 is 0 Å². The third-order valence-electron chi connectivity index (χ3n) is 5.40. The number of carbonyl (C=O) groups excluding carboxylic acids is 1. The number of anilines is 1. The molecule has 0 saturated carbocycles. The second kappa shape index (κ2) is 8.53.